The molecule has 2 aromatic rings. The van der Waals surface area contributed by atoms with Crippen LogP contribution in [0.5, 0.6) is 0 Å². The highest BCUT2D eigenvalue weighted by atomic mass is 32.2. The number of hydrogen-bond acceptors (Lipinski definition) is 7. The molecule has 96 valence electrons. The minimum absolute atomic E-state index is 0.469. The molecular weight excluding hydrogens is 280 g/mol. The SMILES string of the molecule is CN(C)c1nnc(Sc2ccc(C=O)cc2C#N)s1. The first-order valence-corrected chi connectivity index (χ1v) is 6.95. The van der Waals surface area contributed by atoms with E-state index in [1.54, 1.807) is 18.2 Å². The van der Waals surface area contributed by atoms with E-state index in [0.717, 1.165) is 20.7 Å². The smallest absolute Gasteiger partial charge is 0.208 e. The largest absolute Gasteiger partial charge is 0.353 e. The van der Waals surface area contributed by atoms with Gasteiger partial charge in [0.15, 0.2) is 4.34 Å². The second-order valence-electron chi connectivity index (χ2n) is 3.83. The normalized spacial score (nSPS) is 9.95. The minimum Gasteiger partial charge on any atom is -0.353 e. The lowest BCUT2D eigenvalue weighted by Crippen LogP contribution is -2.07. The highest BCUT2D eigenvalue weighted by Gasteiger charge is 2.10. The van der Waals surface area contributed by atoms with Crippen LogP contribution in [0.25, 0.3) is 0 Å². The zero-order valence-corrected chi connectivity index (χ0v) is 12.0. The number of aldehydes is 1. The van der Waals surface area contributed by atoms with Crippen molar-refractivity contribution in [2.45, 2.75) is 9.24 Å². The molecule has 0 saturated carbocycles. The van der Waals surface area contributed by atoms with Gasteiger partial charge in [0.2, 0.25) is 5.13 Å². The molecule has 0 unspecified atom stereocenters. The third kappa shape index (κ3) is 3.10. The van der Waals surface area contributed by atoms with E-state index in [-0.39, 0.29) is 0 Å². The van der Waals surface area contributed by atoms with Gasteiger partial charge >= 0.3 is 0 Å². The predicted octanol–water partition coefficient (Wildman–Crippen LogP) is 2.44. The van der Waals surface area contributed by atoms with Gasteiger partial charge in [0.1, 0.15) is 12.4 Å². The summed E-state index contributed by atoms with van der Waals surface area (Å²) in [5.74, 6) is 0. The third-order valence-corrected chi connectivity index (χ3v) is 4.45. The number of nitriles is 1. The van der Waals surface area contributed by atoms with E-state index in [1.165, 1.54) is 23.1 Å². The summed E-state index contributed by atoms with van der Waals surface area (Å²) in [6, 6.07) is 7.10. The van der Waals surface area contributed by atoms with Gasteiger partial charge in [0.25, 0.3) is 0 Å². The molecule has 0 saturated heterocycles. The van der Waals surface area contributed by atoms with Crippen molar-refractivity contribution in [3.05, 3.63) is 29.3 Å². The topological polar surface area (TPSA) is 69.9 Å². The predicted molar refractivity (Wildman–Crippen MR) is 74.9 cm³/mol. The molecule has 2 rings (SSSR count). The van der Waals surface area contributed by atoms with Crippen molar-refractivity contribution in [2.24, 2.45) is 0 Å². The van der Waals surface area contributed by atoms with Crippen molar-refractivity contribution in [1.29, 1.82) is 5.26 Å². The number of carbonyl (C=O) groups is 1. The number of carbonyl (C=O) groups excluding carboxylic acids is 1. The fraction of sp³-hybridized carbons (Fsp3) is 0.167. The van der Waals surface area contributed by atoms with Crippen LogP contribution in [0, 0.1) is 11.3 Å². The molecule has 1 aromatic carbocycles. The maximum Gasteiger partial charge on any atom is 0.208 e. The van der Waals surface area contributed by atoms with Crippen LogP contribution in [0.3, 0.4) is 0 Å². The van der Waals surface area contributed by atoms with Crippen molar-refractivity contribution in [3.63, 3.8) is 0 Å². The fourth-order valence-corrected chi connectivity index (χ4v) is 3.10. The average molecular weight is 290 g/mol. The van der Waals surface area contributed by atoms with E-state index in [9.17, 15) is 4.79 Å². The van der Waals surface area contributed by atoms with Gasteiger partial charge in [-0.2, -0.15) is 5.26 Å². The first-order chi connectivity index (χ1) is 9.13. The molecule has 1 heterocycles. The molecule has 1 aromatic heterocycles. The van der Waals surface area contributed by atoms with E-state index in [2.05, 4.69) is 16.3 Å². The number of nitrogens with zero attached hydrogens (tertiary/aromatic N) is 4. The maximum absolute atomic E-state index is 10.7. The summed E-state index contributed by atoms with van der Waals surface area (Å²) in [6.07, 6.45) is 0.727. The number of benzene rings is 1. The summed E-state index contributed by atoms with van der Waals surface area (Å²) >= 11 is 2.83. The van der Waals surface area contributed by atoms with Gasteiger partial charge in [-0.15, -0.1) is 10.2 Å². The molecule has 0 aliphatic rings. The molecule has 5 nitrogen and oxygen atoms in total. The first-order valence-electron chi connectivity index (χ1n) is 5.32. The molecule has 0 aliphatic heterocycles. The maximum atomic E-state index is 10.7. The summed E-state index contributed by atoms with van der Waals surface area (Å²) < 4.78 is 0.763. The zero-order chi connectivity index (χ0) is 13.8. The van der Waals surface area contributed by atoms with Crippen molar-refractivity contribution < 1.29 is 4.79 Å². The van der Waals surface area contributed by atoms with Crippen molar-refractivity contribution in [3.8, 4) is 6.07 Å². The van der Waals surface area contributed by atoms with E-state index in [0.29, 0.717) is 11.1 Å². The van der Waals surface area contributed by atoms with Crippen LogP contribution >= 0.6 is 23.1 Å². The lowest BCUT2D eigenvalue weighted by molar-refractivity contribution is 0.112. The first kappa shape index (κ1) is 13.5. The number of aromatic nitrogens is 2. The summed E-state index contributed by atoms with van der Waals surface area (Å²) in [5.41, 5.74) is 0.961. The van der Waals surface area contributed by atoms with Crippen LogP contribution in [0.4, 0.5) is 5.13 Å². The molecule has 0 spiro atoms. The summed E-state index contributed by atoms with van der Waals surface area (Å²) in [4.78, 5) is 13.3. The lowest BCUT2D eigenvalue weighted by Gasteiger charge is -2.04. The van der Waals surface area contributed by atoms with Gasteiger partial charge in [-0.25, -0.2) is 0 Å². The minimum atomic E-state index is 0.469. The summed E-state index contributed by atoms with van der Waals surface area (Å²) in [6.45, 7) is 0. The Hall–Kier alpha value is -1.91. The zero-order valence-electron chi connectivity index (χ0n) is 10.3. The van der Waals surface area contributed by atoms with Crippen LogP contribution in [0.1, 0.15) is 15.9 Å². The van der Waals surface area contributed by atoms with Crippen LogP contribution in [0.2, 0.25) is 0 Å². The highest BCUT2D eigenvalue weighted by Crippen LogP contribution is 2.34. The van der Waals surface area contributed by atoms with E-state index < -0.39 is 0 Å². The number of hydrogen-bond donors (Lipinski definition) is 0. The molecule has 0 aliphatic carbocycles. The summed E-state index contributed by atoms with van der Waals surface area (Å²) in [5, 5.41) is 18.0. The van der Waals surface area contributed by atoms with Crippen molar-refractivity contribution >= 4 is 34.5 Å². The lowest BCUT2D eigenvalue weighted by atomic mass is 10.1. The molecular formula is C12H10N4OS2. The molecule has 0 bridgehead atoms. The highest BCUT2D eigenvalue weighted by molar-refractivity contribution is 8.01. The van der Waals surface area contributed by atoms with Gasteiger partial charge in [-0.05, 0) is 12.1 Å². The van der Waals surface area contributed by atoms with E-state index >= 15 is 0 Å². The Bertz CT molecular complexity index is 645. The van der Waals surface area contributed by atoms with Gasteiger partial charge in [-0.1, -0.05) is 29.2 Å². The van der Waals surface area contributed by atoms with Crippen molar-refractivity contribution in [1.82, 2.24) is 10.2 Å². The second-order valence-corrected chi connectivity index (χ2v) is 6.08. The molecule has 0 fully saturated rings. The average Bonchev–Trinajstić information content (AvgIpc) is 2.88. The molecule has 7 heteroatoms. The molecule has 0 N–H and O–H groups in total. The van der Waals surface area contributed by atoms with Gasteiger partial charge in [-0.3, -0.25) is 4.79 Å². The van der Waals surface area contributed by atoms with Crippen LogP contribution in [0.15, 0.2) is 27.4 Å². The van der Waals surface area contributed by atoms with E-state index in [1.807, 2.05) is 19.0 Å². The Balaban J connectivity index is 2.27. The fourth-order valence-electron chi connectivity index (χ4n) is 1.32. The second kappa shape index (κ2) is 5.82. The molecule has 0 radical (unpaired) electrons. The Labute approximate surface area is 118 Å². The Morgan fingerprint density at radius 1 is 1.42 bits per heavy atom. The van der Waals surface area contributed by atoms with Crippen LogP contribution < -0.4 is 4.90 Å². The summed E-state index contributed by atoms with van der Waals surface area (Å²) in [7, 11) is 3.79. The van der Waals surface area contributed by atoms with Gasteiger partial charge in [0.05, 0.1) is 5.56 Å². The van der Waals surface area contributed by atoms with Crippen LogP contribution in [-0.2, 0) is 0 Å². The molecule has 19 heavy (non-hydrogen) atoms. The third-order valence-electron chi connectivity index (χ3n) is 2.24. The molecule has 0 amide bonds. The van der Waals surface area contributed by atoms with E-state index in [4.69, 9.17) is 5.26 Å². The van der Waals surface area contributed by atoms with Crippen molar-refractivity contribution in [2.75, 3.05) is 19.0 Å². The standard InChI is InChI=1S/C12H10N4OS2/c1-16(2)11-14-15-12(19-11)18-10-4-3-8(7-17)5-9(10)6-13/h3-5,7H,1-2H3. The Morgan fingerprint density at radius 2 is 2.21 bits per heavy atom. The number of anilines is 1. The number of rotatable bonds is 4. The Kier molecular flexibility index (Phi) is 4.14. The van der Waals surface area contributed by atoms with Gasteiger partial charge < -0.3 is 4.90 Å². The monoisotopic (exact) mass is 290 g/mol. The van der Waals surface area contributed by atoms with Gasteiger partial charge in [0, 0.05) is 24.6 Å². The van der Waals surface area contributed by atoms with Crippen LogP contribution in [-0.4, -0.2) is 30.6 Å². The quantitative estimate of drug-likeness (QED) is 0.805. The molecule has 0 atom stereocenters. The Morgan fingerprint density at radius 3 is 2.79 bits per heavy atom.